The van der Waals surface area contributed by atoms with E-state index in [1.54, 1.807) is 18.2 Å². The van der Waals surface area contributed by atoms with Gasteiger partial charge in [-0.3, -0.25) is 4.79 Å². The summed E-state index contributed by atoms with van der Waals surface area (Å²) in [4.78, 5) is 18.7. The molecular formula is C14H15ClN2O3. The molecule has 0 atom stereocenters. The predicted molar refractivity (Wildman–Crippen MR) is 77.6 cm³/mol. The van der Waals surface area contributed by atoms with Gasteiger partial charge in [-0.25, -0.2) is 0 Å². The minimum atomic E-state index is -0.385. The monoisotopic (exact) mass is 294 g/mol. The highest BCUT2D eigenvalue weighted by Gasteiger charge is 2.18. The van der Waals surface area contributed by atoms with Gasteiger partial charge in [-0.1, -0.05) is 31.5 Å². The van der Waals surface area contributed by atoms with Gasteiger partial charge < -0.3 is 14.8 Å². The van der Waals surface area contributed by atoms with Gasteiger partial charge in [-0.05, 0) is 18.1 Å². The zero-order valence-corrected chi connectivity index (χ0v) is 12.2. The molecule has 0 aliphatic heterocycles. The third-order valence-corrected chi connectivity index (χ3v) is 3.26. The Hall–Kier alpha value is -2.01. The maximum absolute atomic E-state index is 12.0. The van der Waals surface area contributed by atoms with Crippen LogP contribution in [0.2, 0.25) is 5.02 Å². The molecule has 6 heteroatoms. The maximum atomic E-state index is 12.0. The smallest absolute Gasteiger partial charge is 0.258 e. The summed E-state index contributed by atoms with van der Waals surface area (Å²) in [5, 5.41) is 10.3. The van der Waals surface area contributed by atoms with Crippen LogP contribution in [0.1, 0.15) is 25.3 Å². The predicted octanol–water partition coefficient (Wildman–Crippen LogP) is 2.93. The quantitative estimate of drug-likeness (QED) is 0.912. The van der Waals surface area contributed by atoms with E-state index in [9.17, 15) is 9.90 Å². The normalized spacial score (nSPS) is 10.8. The largest absolute Gasteiger partial charge is 0.496 e. The average Bonchev–Trinajstić information content (AvgIpc) is 2.36. The van der Waals surface area contributed by atoms with E-state index in [-0.39, 0.29) is 28.7 Å². The minimum Gasteiger partial charge on any atom is -0.496 e. The number of aromatic amines is 1. The van der Waals surface area contributed by atoms with Crippen molar-refractivity contribution in [2.75, 3.05) is 7.11 Å². The van der Waals surface area contributed by atoms with Crippen LogP contribution < -0.4 is 10.3 Å². The van der Waals surface area contributed by atoms with Gasteiger partial charge in [0.25, 0.3) is 5.56 Å². The number of H-pyrrole nitrogens is 1. The van der Waals surface area contributed by atoms with Crippen LogP contribution in [0.25, 0.3) is 11.4 Å². The lowest BCUT2D eigenvalue weighted by atomic mass is 10.1. The van der Waals surface area contributed by atoms with Crippen molar-refractivity contribution < 1.29 is 9.84 Å². The molecule has 20 heavy (non-hydrogen) atoms. The third kappa shape index (κ3) is 2.49. The zero-order valence-electron chi connectivity index (χ0n) is 11.4. The van der Waals surface area contributed by atoms with E-state index >= 15 is 0 Å². The lowest BCUT2D eigenvalue weighted by Crippen LogP contribution is -2.16. The summed E-state index contributed by atoms with van der Waals surface area (Å²) in [5.74, 6) is 0.228. The van der Waals surface area contributed by atoms with Gasteiger partial charge in [-0.15, -0.1) is 0 Å². The van der Waals surface area contributed by atoms with Crippen LogP contribution in [-0.2, 0) is 0 Å². The molecule has 2 rings (SSSR count). The molecule has 0 aliphatic carbocycles. The van der Waals surface area contributed by atoms with Gasteiger partial charge >= 0.3 is 0 Å². The van der Waals surface area contributed by atoms with E-state index in [1.165, 1.54) is 7.11 Å². The maximum Gasteiger partial charge on any atom is 0.258 e. The number of hydrogen-bond acceptors (Lipinski definition) is 4. The van der Waals surface area contributed by atoms with E-state index in [2.05, 4.69) is 9.97 Å². The minimum absolute atomic E-state index is 0.131. The topological polar surface area (TPSA) is 75.2 Å². The molecule has 0 saturated carbocycles. The van der Waals surface area contributed by atoms with Crippen LogP contribution in [0.15, 0.2) is 23.0 Å². The van der Waals surface area contributed by atoms with Crippen molar-refractivity contribution in [1.82, 2.24) is 9.97 Å². The Kier molecular flexibility index (Phi) is 3.99. The van der Waals surface area contributed by atoms with E-state index in [4.69, 9.17) is 16.3 Å². The standard InChI is InChI=1S/C14H15ClN2O3/c1-7(2)10-13(18)16-12(17-14(10)19)11-8(15)5-4-6-9(11)20-3/h4-7H,1-3H3,(H2,16,17,18,19). The highest BCUT2D eigenvalue weighted by atomic mass is 35.5. The average molecular weight is 295 g/mol. The Morgan fingerprint density at radius 3 is 2.65 bits per heavy atom. The molecule has 0 bridgehead atoms. The number of hydrogen-bond donors (Lipinski definition) is 2. The molecule has 0 radical (unpaired) electrons. The van der Waals surface area contributed by atoms with Gasteiger partial charge in [0.1, 0.15) is 11.6 Å². The SMILES string of the molecule is COc1cccc(Cl)c1-c1nc(O)c(C(C)C)c(=O)[nH]1. The highest BCUT2D eigenvalue weighted by Crippen LogP contribution is 2.35. The number of methoxy groups -OCH3 is 1. The summed E-state index contributed by atoms with van der Waals surface area (Å²) in [5.41, 5.74) is 0.309. The van der Waals surface area contributed by atoms with Crippen LogP contribution in [-0.4, -0.2) is 22.2 Å². The van der Waals surface area contributed by atoms with Gasteiger partial charge in [0.05, 0.1) is 23.3 Å². The second kappa shape index (κ2) is 5.54. The Balaban J connectivity index is 2.70. The number of ether oxygens (including phenoxy) is 1. The highest BCUT2D eigenvalue weighted by molar-refractivity contribution is 6.33. The van der Waals surface area contributed by atoms with Crippen molar-refractivity contribution in [2.24, 2.45) is 0 Å². The van der Waals surface area contributed by atoms with Crippen LogP contribution in [0.3, 0.4) is 0 Å². The number of rotatable bonds is 3. The molecule has 0 saturated heterocycles. The summed E-state index contributed by atoms with van der Waals surface area (Å²) in [6.45, 7) is 3.61. The second-order valence-corrected chi connectivity index (χ2v) is 5.03. The molecule has 0 spiro atoms. The summed E-state index contributed by atoms with van der Waals surface area (Å²) in [6, 6.07) is 5.09. The first-order valence-corrected chi connectivity index (χ1v) is 6.49. The summed E-state index contributed by atoms with van der Waals surface area (Å²) < 4.78 is 5.21. The van der Waals surface area contributed by atoms with E-state index in [0.29, 0.717) is 16.3 Å². The van der Waals surface area contributed by atoms with Crippen molar-refractivity contribution in [3.05, 3.63) is 39.1 Å². The Morgan fingerprint density at radius 1 is 1.40 bits per heavy atom. The van der Waals surface area contributed by atoms with Crippen molar-refractivity contribution in [3.63, 3.8) is 0 Å². The molecule has 0 aliphatic rings. The number of halogens is 1. The molecule has 2 aromatic rings. The molecule has 0 amide bonds. The van der Waals surface area contributed by atoms with Crippen LogP contribution in [0, 0.1) is 0 Å². The van der Waals surface area contributed by atoms with Crippen molar-refractivity contribution in [3.8, 4) is 23.0 Å². The summed E-state index contributed by atoms with van der Waals surface area (Å²) in [6.07, 6.45) is 0. The molecule has 106 valence electrons. The van der Waals surface area contributed by atoms with Crippen molar-refractivity contribution in [1.29, 1.82) is 0 Å². The van der Waals surface area contributed by atoms with Crippen LogP contribution in [0.5, 0.6) is 11.6 Å². The van der Waals surface area contributed by atoms with Crippen LogP contribution >= 0.6 is 11.6 Å². The van der Waals surface area contributed by atoms with E-state index in [1.807, 2.05) is 13.8 Å². The molecule has 0 unspecified atom stereocenters. The second-order valence-electron chi connectivity index (χ2n) is 4.62. The van der Waals surface area contributed by atoms with Crippen LogP contribution in [0.4, 0.5) is 0 Å². The Labute approximate surface area is 121 Å². The fourth-order valence-electron chi connectivity index (χ4n) is 2.01. The number of nitrogens with zero attached hydrogens (tertiary/aromatic N) is 1. The molecule has 2 N–H and O–H groups in total. The third-order valence-electron chi connectivity index (χ3n) is 2.94. The molecule has 5 nitrogen and oxygen atoms in total. The number of aromatic nitrogens is 2. The first-order chi connectivity index (χ1) is 9.45. The van der Waals surface area contributed by atoms with E-state index < -0.39 is 0 Å². The Morgan fingerprint density at radius 2 is 2.10 bits per heavy atom. The number of benzene rings is 1. The molecule has 1 aromatic carbocycles. The molecule has 1 heterocycles. The first-order valence-electron chi connectivity index (χ1n) is 6.11. The van der Waals surface area contributed by atoms with Gasteiger partial charge in [0.15, 0.2) is 0 Å². The van der Waals surface area contributed by atoms with Crippen molar-refractivity contribution in [2.45, 2.75) is 19.8 Å². The summed E-state index contributed by atoms with van der Waals surface area (Å²) in [7, 11) is 1.50. The molecule has 0 fully saturated rings. The zero-order chi connectivity index (χ0) is 14.9. The van der Waals surface area contributed by atoms with E-state index in [0.717, 1.165) is 0 Å². The van der Waals surface area contributed by atoms with Gasteiger partial charge in [0.2, 0.25) is 5.88 Å². The Bertz CT molecular complexity index is 695. The molecule has 1 aromatic heterocycles. The fraction of sp³-hybridized carbons (Fsp3) is 0.286. The van der Waals surface area contributed by atoms with Crippen molar-refractivity contribution >= 4 is 11.6 Å². The number of nitrogens with one attached hydrogen (secondary N) is 1. The van der Waals surface area contributed by atoms with Gasteiger partial charge in [-0.2, -0.15) is 4.98 Å². The fourth-order valence-corrected chi connectivity index (χ4v) is 2.27. The number of aromatic hydroxyl groups is 1. The van der Waals surface area contributed by atoms with Gasteiger partial charge in [0, 0.05) is 0 Å². The first kappa shape index (κ1) is 14.4. The molecular weight excluding hydrogens is 280 g/mol. The lowest BCUT2D eigenvalue weighted by molar-refractivity contribution is 0.415. The lowest BCUT2D eigenvalue weighted by Gasteiger charge is -2.12. The summed E-state index contributed by atoms with van der Waals surface area (Å²) >= 11 is 6.13.